The number of phenols is 1. The van der Waals surface area contributed by atoms with E-state index in [-0.39, 0.29) is 11.8 Å². The average molecular weight is 267 g/mol. The first-order valence-corrected chi connectivity index (χ1v) is 5.68. The summed E-state index contributed by atoms with van der Waals surface area (Å²) in [5.41, 5.74) is 1.15. The quantitative estimate of drug-likeness (QED) is 0.821. The Balaban J connectivity index is 2.49. The minimum Gasteiger partial charge on any atom is -0.506 e. The molecular weight excluding hydrogens is 256 g/mol. The SMILES string of the molecule is N#Cc1ccc(Br)c([C@@H]2CCCN2)c1O. The third kappa shape index (κ3) is 1.85. The van der Waals surface area contributed by atoms with Gasteiger partial charge >= 0.3 is 0 Å². The van der Waals surface area contributed by atoms with Crippen LogP contribution in [-0.2, 0) is 0 Å². The van der Waals surface area contributed by atoms with E-state index in [4.69, 9.17) is 5.26 Å². The first kappa shape index (κ1) is 10.5. The maximum absolute atomic E-state index is 9.94. The van der Waals surface area contributed by atoms with Crippen molar-refractivity contribution in [3.05, 3.63) is 27.7 Å². The molecular formula is C11H11BrN2O. The lowest BCUT2D eigenvalue weighted by atomic mass is 10.0. The van der Waals surface area contributed by atoms with Crippen molar-refractivity contribution >= 4 is 15.9 Å². The second-order valence-electron chi connectivity index (χ2n) is 3.62. The molecule has 0 bridgehead atoms. The molecule has 15 heavy (non-hydrogen) atoms. The standard InChI is InChI=1S/C11H11BrN2O/c12-8-4-3-7(6-13)11(15)10(8)9-2-1-5-14-9/h3-4,9,14-15H,1-2,5H2/t9-/m0/s1. The number of hydrogen-bond acceptors (Lipinski definition) is 3. The summed E-state index contributed by atoms with van der Waals surface area (Å²) in [6, 6.07) is 5.58. The Morgan fingerprint density at radius 2 is 2.33 bits per heavy atom. The largest absolute Gasteiger partial charge is 0.506 e. The van der Waals surface area contributed by atoms with Crippen molar-refractivity contribution in [3.63, 3.8) is 0 Å². The molecule has 1 fully saturated rings. The highest BCUT2D eigenvalue weighted by molar-refractivity contribution is 9.10. The molecule has 4 heteroatoms. The highest BCUT2D eigenvalue weighted by Gasteiger charge is 2.23. The predicted molar refractivity (Wildman–Crippen MR) is 60.5 cm³/mol. The van der Waals surface area contributed by atoms with Crippen LogP contribution in [0.1, 0.15) is 30.0 Å². The number of hydrogen-bond donors (Lipinski definition) is 2. The van der Waals surface area contributed by atoms with Crippen LogP contribution in [0.25, 0.3) is 0 Å². The van der Waals surface area contributed by atoms with Crippen molar-refractivity contribution in [1.29, 1.82) is 5.26 Å². The zero-order valence-electron chi connectivity index (χ0n) is 8.13. The van der Waals surface area contributed by atoms with Gasteiger partial charge in [0.1, 0.15) is 11.8 Å². The summed E-state index contributed by atoms with van der Waals surface area (Å²) in [4.78, 5) is 0. The number of halogens is 1. The highest BCUT2D eigenvalue weighted by Crippen LogP contribution is 2.37. The van der Waals surface area contributed by atoms with Gasteiger partial charge in [0.2, 0.25) is 0 Å². The Labute approximate surface area is 96.9 Å². The molecule has 78 valence electrons. The van der Waals surface area contributed by atoms with Crippen molar-refractivity contribution in [1.82, 2.24) is 5.32 Å². The first-order chi connectivity index (χ1) is 7.24. The van der Waals surface area contributed by atoms with Gasteiger partial charge in [-0.15, -0.1) is 0 Å². The van der Waals surface area contributed by atoms with Crippen molar-refractivity contribution in [2.45, 2.75) is 18.9 Å². The van der Waals surface area contributed by atoms with E-state index in [0.717, 1.165) is 29.4 Å². The van der Waals surface area contributed by atoms with Crippen LogP contribution in [0.4, 0.5) is 0 Å². The Hall–Kier alpha value is -1.05. The molecule has 2 rings (SSSR count). The maximum atomic E-state index is 9.94. The van der Waals surface area contributed by atoms with Crippen molar-refractivity contribution in [2.24, 2.45) is 0 Å². The fourth-order valence-electron chi connectivity index (χ4n) is 1.94. The van der Waals surface area contributed by atoms with E-state index in [1.807, 2.05) is 12.1 Å². The Morgan fingerprint density at radius 3 is 2.93 bits per heavy atom. The van der Waals surface area contributed by atoms with Gasteiger partial charge in [-0.2, -0.15) is 5.26 Å². The van der Waals surface area contributed by atoms with Gasteiger partial charge < -0.3 is 10.4 Å². The summed E-state index contributed by atoms with van der Waals surface area (Å²) in [5, 5.41) is 22.1. The summed E-state index contributed by atoms with van der Waals surface area (Å²) < 4.78 is 0.860. The van der Waals surface area contributed by atoms with E-state index in [9.17, 15) is 5.11 Å². The van der Waals surface area contributed by atoms with Gasteiger partial charge in [-0.05, 0) is 31.5 Å². The average Bonchev–Trinajstić information content (AvgIpc) is 2.71. The first-order valence-electron chi connectivity index (χ1n) is 4.89. The predicted octanol–water partition coefficient (Wildman–Crippen LogP) is 2.45. The van der Waals surface area contributed by atoms with E-state index < -0.39 is 0 Å². The van der Waals surface area contributed by atoms with E-state index in [2.05, 4.69) is 21.2 Å². The number of aromatic hydroxyl groups is 1. The molecule has 0 spiro atoms. The molecule has 1 aromatic rings. The van der Waals surface area contributed by atoms with Gasteiger partial charge in [0.25, 0.3) is 0 Å². The van der Waals surface area contributed by atoms with Crippen LogP contribution in [0.15, 0.2) is 16.6 Å². The summed E-state index contributed by atoms with van der Waals surface area (Å²) in [5.74, 6) is 0.103. The molecule has 0 aromatic heterocycles. The summed E-state index contributed by atoms with van der Waals surface area (Å²) in [6.45, 7) is 0.966. The fourth-order valence-corrected chi connectivity index (χ4v) is 2.53. The number of phenolic OH excluding ortho intramolecular Hbond substituents is 1. The van der Waals surface area contributed by atoms with Gasteiger partial charge in [-0.1, -0.05) is 15.9 Å². The van der Waals surface area contributed by atoms with Crippen molar-refractivity contribution in [2.75, 3.05) is 6.54 Å². The van der Waals surface area contributed by atoms with E-state index in [1.165, 1.54) is 0 Å². The van der Waals surface area contributed by atoms with Crippen molar-refractivity contribution in [3.8, 4) is 11.8 Å². The second-order valence-corrected chi connectivity index (χ2v) is 4.47. The summed E-state index contributed by atoms with van der Waals surface area (Å²) >= 11 is 3.41. The lowest BCUT2D eigenvalue weighted by Gasteiger charge is -2.15. The van der Waals surface area contributed by atoms with Crippen LogP contribution in [0.5, 0.6) is 5.75 Å². The molecule has 0 amide bonds. The molecule has 0 radical (unpaired) electrons. The molecule has 1 saturated heterocycles. The number of nitriles is 1. The van der Waals surface area contributed by atoms with Gasteiger partial charge in [0.05, 0.1) is 5.56 Å². The van der Waals surface area contributed by atoms with E-state index in [1.54, 1.807) is 6.07 Å². The van der Waals surface area contributed by atoms with Gasteiger partial charge in [-0.25, -0.2) is 0 Å². The molecule has 0 saturated carbocycles. The van der Waals surface area contributed by atoms with E-state index >= 15 is 0 Å². The van der Waals surface area contributed by atoms with Crippen LogP contribution in [0, 0.1) is 11.3 Å². The molecule has 3 nitrogen and oxygen atoms in total. The maximum Gasteiger partial charge on any atom is 0.139 e. The molecule has 1 aliphatic heterocycles. The molecule has 1 atom stereocenters. The molecule has 1 aliphatic rings. The number of nitrogens with zero attached hydrogens (tertiary/aromatic N) is 1. The second kappa shape index (κ2) is 4.21. The monoisotopic (exact) mass is 266 g/mol. The van der Waals surface area contributed by atoms with E-state index in [0.29, 0.717) is 5.56 Å². The third-order valence-corrected chi connectivity index (χ3v) is 3.38. The number of rotatable bonds is 1. The lowest BCUT2D eigenvalue weighted by molar-refractivity contribution is 0.454. The van der Waals surface area contributed by atoms with Gasteiger partial charge in [0.15, 0.2) is 0 Å². The normalized spacial score (nSPS) is 20.1. The fraction of sp³-hybridized carbons (Fsp3) is 0.364. The van der Waals surface area contributed by atoms with Gasteiger partial charge in [0, 0.05) is 16.1 Å². The summed E-state index contributed by atoms with van der Waals surface area (Å²) in [6.07, 6.45) is 2.11. The molecule has 1 heterocycles. The van der Waals surface area contributed by atoms with Crippen LogP contribution in [0.3, 0.4) is 0 Å². The minimum absolute atomic E-state index is 0.103. The van der Waals surface area contributed by atoms with Crippen LogP contribution in [-0.4, -0.2) is 11.7 Å². The molecule has 1 aromatic carbocycles. The Morgan fingerprint density at radius 1 is 1.53 bits per heavy atom. The topological polar surface area (TPSA) is 56.0 Å². The number of benzene rings is 1. The van der Waals surface area contributed by atoms with Crippen molar-refractivity contribution < 1.29 is 5.11 Å². The zero-order valence-corrected chi connectivity index (χ0v) is 9.71. The van der Waals surface area contributed by atoms with Crippen LogP contribution in [0.2, 0.25) is 0 Å². The smallest absolute Gasteiger partial charge is 0.139 e. The minimum atomic E-state index is 0.103. The van der Waals surface area contributed by atoms with Gasteiger partial charge in [-0.3, -0.25) is 0 Å². The Bertz CT molecular complexity index is 419. The number of nitrogens with one attached hydrogen (secondary N) is 1. The zero-order chi connectivity index (χ0) is 10.8. The lowest BCUT2D eigenvalue weighted by Crippen LogP contribution is -2.13. The Kier molecular flexibility index (Phi) is 2.94. The molecule has 0 aliphatic carbocycles. The molecule has 2 N–H and O–H groups in total. The van der Waals surface area contributed by atoms with Crippen LogP contribution >= 0.6 is 15.9 Å². The van der Waals surface area contributed by atoms with Crippen LogP contribution < -0.4 is 5.32 Å². The third-order valence-electron chi connectivity index (χ3n) is 2.69. The highest BCUT2D eigenvalue weighted by atomic mass is 79.9. The summed E-state index contributed by atoms with van der Waals surface area (Å²) in [7, 11) is 0. The molecule has 0 unspecified atom stereocenters.